The number of ether oxygens (including phenoxy) is 1. The summed E-state index contributed by atoms with van der Waals surface area (Å²) in [6.45, 7) is 1.30. The first-order valence-electron chi connectivity index (χ1n) is 7.51. The van der Waals surface area contributed by atoms with Gasteiger partial charge < -0.3 is 15.8 Å². The molecule has 0 radical (unpaired) electrons. The van der Waals surface area contributed by atoms with Crippen LogP contribution in [0.15, 0.2) is 35.5 Å². The van der Waals surface area contributed by atoms with Crippen LogP contribution in [0.3, 0.4) is 0 Å². The highest BCUT2D eigenvalue weighted by atomic mass is 32.2. The van der Waals surface area contributed by atoms with Gasteiger partial charge in [-0.05, 0) is 18.4 Å². The van der Waals surface area contributed by atoms with Crippen LogP contribution in [0.4, 0.5) is 5.95 Å². The van der Waals surface area contributed by atoms with E-state index in [-0.39, 0.29) is 18.0 Å². The number of anilines is 1. The number of aromatic nitrogens is 3. The molecule has 1 fully saturated rings. The highest BCUT2D eigenvalue weighted by molar-refractivity contribution is 8.00. The molecule has 23 heavy (non-hydrogen) atoms. The SMILES string of the molecule is Nc1nc(S[C@H](C(=O)NC[C@@H]2CCCO2)c2ccccc2)n[nH]1. The molecule has 0 unspecified atom stereocenters. The number of thioether (sulfide) groups is 1. The molecule has 2 atom stereocenters. The van der Waals surface area contributed by atoms with Crippen LogP contribution in [0.25, 0.3) is 0 Å². The molecule has 4 N–H and O–H groups in total. The first kappa shape index (κ1) is 15.8. The van der Waals surface area contributed by atoms with Crippen LogP contribution in [0.2, 0.25) is 0 Å². The molecule has 2 aromatic rings. The predicted molar refractivity (Wildman–Crippen MR) is 87.8 cm³/mol. The standard InChI is InChI=1S/C15H19N5O2S/c16-14-18-15(20-19-14)23-12(10-5-2-1-3-6-10)13(21)17-9-11-7-4-8-22-11/h1-3,5-6,11-12H,4,7-9H2,(H,17,21)(H3,16,18,19,20)/t11-,12-/m0/s1. The molecule has 1 amide bonds. The van der Waals surface area contributed by atoms with E-state index in [4.69, 9.17) is 10.5 Å². The van der Waals surface area contributed by atoms with Crippen LogP contribution >= 0.6 is 11.8 Å². The van der Waals surface area contributed by atoms with E-state index in [1.54, 1.807) is 0 Å². The fourth-order valence-corrected chi connectivity index (χ4v) is 3.37. The minimum atomic E-state index is -0.437. The number of amides is 1. The maximum absolute atomic E-state index is 12.6. The van der Waals surface area contributed by atoms with E-state index in [0.29, 0.717) is 11.7 Å². The number of benzene rings is 1. The van der Waals surface area contributed by atoms with E-state index in [1.165, 1.54) is 11.8 Å². The van der Waals surface area contributed by atoms with Gasteiger partial charge in [-0.15, -0.1) is 5.10 Å². The van der Waals surface area contributed by atoms with Crippen molar-refractivity contribution in [2.24, 2.45) is 0 Å². The molecule has 0 aliphatic carbocycles. The summed E-state index contributed by atoms with van der Waals surface area (Å²) in [5, 5.41) is 9.56. The second-order valence-corrected chi connectivity index (χ2v) is 6.36. The molecule has 3 rings (SSSR count). The van der Waals surface area contributed by atoms with Gasteiger partial charge >= 0.3 is 0 Å². The predicted octanol–water partition coefficient (Wildman–Crippen LogP) is 1.52. The number of rotatable bonds is 6. The minimum Gasteiger partial charge on any atom is -0.376 e. The van der Waals surface area contributed by atoms with E-state index < -0.39 is 5.25 Å². The van der Waals surface area contributed by atoms with Gasteiger partial charge in [0.05, 0.1) is 6.10 Å². The van der Waals surface area contributed by atoms with Crippen molar-refractivity contribution in [3.05, 3.63) is 35.9 Å². The van der Waals surface area contributed by atoms with E-state index in [0.717, 1.165) is 25.0 Å². The van der Waals surface area contributed by atoms with E-state index in [9.17, 15) is 4.79 Å². The summed E-state index contributed by atoms with van der Waals surface area (Å²) in [7, 11) is 0. The molecular weight excluding hydrogens is 314 g/mol. The number of hydrogen-bond donors (Lipinski definition) is 3. The first-order valence-corrected chi connectivity index (χ1v) is 8.39. The van der Waals surface area contributed by atoms with Crippen molar-refractivity contribution in [1.82, 2.24) is 20.5 Å². The Kier molecular flexibility index (Phi) is 5.14. The molecule has 0 saturated carbocycles. The van der Waals surface area contributed by atoms with Gasteiger partial charge in [0.1, 0.15) is 5.25 Å². The number of carbonyl (C=O) groups excluding carboxylic acids is 1. The molecule has 1 aromatic carbocycles. The summed E-state index contributed by atoms with van der Waals surface area (Å²) in [4.78, 5) is 16.7. The van der Waals surface area contributed by atoms with Gasteiger partial charge in [-0.1, -0.05) is 42.1 Å². The molecule has 122 valence electrons. The number of H-pyrrole nitrogens is 1. The molecule has 2 heterocycles. The third-order valence-corrected chi connectivity index (χ3v) is 4.69. The van der Waals surface area contributed by atoms with Gasteiger partial charge in [0.15, 0.2) is 0 Å². The Labute approximate surface area is 138 Å². The Morgan fingerprint density at radius 2 is 2.30 bits per heavy atom. The summed E-state index contributed by atoms with van der Waals surface area (Å²) in [6, 6.07) is 9.56. The summed E-state index contributed by atoms with van der Waals surface area (Å²) in [6.07, 6.45) is 2.15. The maximum Gasteiger partial charge on any atom is 0.238 e. The van der Waals surface area contributed by atoms with Crippen molar-refractivity contribution in [1.29, 1.82) is 0 Å². The first-order chi connectivity index (χ1) is 11.2. The lowest BCUT2D eigenvalue weighted by molar-refractivity contribution is -0.121. The summed E-state index contributed by atoms with van der Waals surface area (Å²) < 4.78 is 5.54. The molecule has 0 bridgehead atoms. The van der Waals surface area contributed by atoms with Crippen LogP contribution in [0, 0.1) is 0 Å². The lowest BCUT2D eigenvalue weighted by Crippen LogP contribution is -2.34. The second-order valence-electron chi connectivity index (χ2n) is 5.29. The van der Waals surface area contributed by atoms with Crippen molar-refractivity contribution in [2.45, 2.75) is 29.4 Å². The van der Waals surface area contributed by atoms with E-state index in [2.05, 4.69) is 20.5 Å². The third kappa shape index (κ3) is 4.23. The molecule has 1 saturated heterocycles. The summed E-state index contributed by atoms with van der Waals surface area (Å²) in [5.74, 6) is 0.152. The van der Waals surface area contributed by atoms with Crippen LogP contribution < -0.4 is 11.1 Å². The molecule has 1 aromatic heterocycles. The fourth-order valence-electron chi connectivity index (χ4n) is 2.43. The summed E-state index contributed by atoms with van der Waals surface area (Å²) in [5.41, 5.74) is 6.45. The smallest absolute Gasteiger partial charge is 0.238 e. The van der Waals surface area contributed by atoms with Crippen molar-refractivity contribution >= 4 is 23.6 Å². The number of carbonyl (C=O) groups is 1. The average molecular weight is 333 g/mol. The highest BCUT2D eigenvalue weighted by Gasteiger charge is 2.25. The number of nitrogen functional groups attached to an aromatic ring is 1. The van der Waals surface area contributed by atoms with Crippen molar-refractivity contribution in [3.63, 3.8) is 0 Å². The average Bonchev–Trinajstić information content (AvgIpc) is 3.23. The van der Waals surface area contributed by atoms with Crippen molar-refractivity contribution in [3.8, 4) is 0 Å². The Morgan fingerprint density at radius 1 is 1.48 bits per heavy atom. The molecule has 1 aliphatic heterocycles. The van der Waals surface area contributed by atoms with Crippen LogP contribution in [0.1, 0.15) is 23.7 Å². The lowest BCUT2D eigenvalue weighted by Gasteiger charge is -2.17. The molecule has 7 nitrogen and oxygen atoms in total. The Morgan fingerprint density at radius 3 is 2.96 bits per heavy atom. The number of nitrogens with zero attached hydrogens (tertiary/aromatic N) is 2. The Bertz CT molecular complexity index is 642. The van der Waals surface area contributed by atoms with E-state index in [1.807, 2.05) is 30.3 Å². The van der Waals surface area contributed by atoms with Crippen LogP contribution in [-0.4, -0.2) is 40.3 Å². The molecule has 1 aliphatic rings. The van der Waals surface area contributed by atoms with Crippen molar-refractivity contribution < 1.29 is 9.53 Å². The highest BCUT2D eigenvalue weighted by Crippen LogP contribution is 2.33. The fraction of sp³-hybridized carbons (Fsp3) is 0.400. The second kappa shape index (κ2) is 7.47. The Balaban J connectivity index is 1.70. The zero-order valence-electron chi connectivity index (χ0n) is 12.6. The van der Waals surface area contributed by atoms with Gasteiger partial charge in [0, 0.05) is 13.2 Å². The normalized spacial score (nSPS) is 18.7. The monoisotopic (exact) mass is 333 g/mol. The minimum absolute atomic E-state index is 0.0833. The maximum atomic E-state index is 12.6. The third-order valence-electron chi connectivity index (χ3n) is 3.57. The number of aromatic amines is 1. The zero-order valence-corrected chi connectivity index (χ0v) is 13.4. The largest absolute Gasteiger partial charge is 0.376 e. The zero-order chi connectivity index (χ0) is 16.1. The molecule has 0 spiro atoms. The van der Waals surface area contributed by atoms with Gasteiger partial charge in [-0.3, -0.25) is 4.79 Å². The van der Waals surface area contributed by atoms with E-state index >= 15 is 0 Å². The number of nitrogens with two attached hydrogens (primary N) is 1. The number of hydrogen-bond acceptors (Lipinski definition) is 6. The van der Waals surface area contributed by atoms with Gasteiger partial charge in [0.2, 0.25) is 17.0 Å². The Hall–Kier alpha value is -2.06. The molecular formula is C15H19N5O2S. The van der Waals surface area contributed by atoms with Crippen molar-refractivity contribution in [2.75, 3.05) is 18.9 Å². The van der Waals surface area contributed by atoms with Gasteiger partial charge in [0.25, 0.3) is 0 Å². The molecule has 8 heteroatoms. The summed E-state index contributed by atoms with van der Waals surface area (Å²) >= 11 is 1.27. The number of nitrogens with one attached hydrogen (secondary N) is 2. The lowest BCUT2D eigenvalue weighted by atomic mass is 10.1. The topological polar surface area (TPSA) is 106 Å². The quantitative estimate of drug-likeness (QED) is 0.692. The van der Waals surface area contributed by atoms with Gasteiger partial charge in [-0.25, -0.2) is 5.10 Å². The van der Waals surface area contributed by atoms with Crippen LogP contribution in [0.5, 0.6) is 0 Å². The van der Waals surface area contributed by atoms with Crippen LogP contribution in [-0.2, 0) is 9.53 Å². The van der Waals surface area contributed by atoms with Gasteiger partial charge in [-0.2, -0.15) is 4.98 Å².